The summed E-state index contributed by atoms with van der Waals surface area (Å²) >= 11 is 0. The minimum atomic E-state index is -1.23. The van der Waals surface area contributed by atoms with Gasteiger partial charge in [-0.25, -0.2) is 9.78 Å². The van der Waals surface area contributed by atoms with Gasteiger partial charge in [0.1, 0.15) is 17.9 Å². The number of likely N-dealkylation sites (tertiary alicyclic amines) is 1. The highest BCUT2D eigenvalue weighted by atomic mass is 16.2. The molecule has 8 nitrogen and oxygen atoms in total. The predicted molar refractivity (Wildman–Crippen MR) is 136 cm³/mol. The molecule has 0 radical (unpaired) electrons. The molecule has 4 amide bonds. The van der Waals surface area contributed by atoms with Crippen LogP contribution in [0.25, 0.3) is 21.8 Å². The van der Waals surface area contributed by atoms with Gasteiger partial charge in [0.05, 0.1) is 17.1 Å². The number of urea groups is 1. The monoisotopic (exact) mass is 481 g/mol. The largest absolute Gasteiger partial charge is 0.331 e. The molecule has 2 saturated heterocycles. The Hall–Kier alpha value is -4.20. The molecule has 2 unspecified atom stereocenters. The van der Waals surface area contributed by atoms with Crippen LogP contribution in [-0.2, 0) is 22.2 Å². The molecule has 2 aliphatic rings. The van der Waals surface area contributed by atoms with E-state index in [1.807, 2.05) is 78.3 Å². The number of carbonyl (C=O) groups excluding carboxylic acids is 3. The van der Waals surface area contributed by atoms with Gasteiger partial charge in [-0.1, -0.05) is 48.5 Å². The van der Waals surface area contributed by atoms with Gasteiger partial charge in [-0.2, -0.15) is 0 Å². The molecule has 182 valence electrons. The van der Waals surface area contributed by atoms with Crippen LogP contribution in [0.3, 0.4) is 0 Å². The molecule has 0 aliphatic carbocycles. The number of amides is 4. The van der Waals surface area contributed by atoms with Crippen molar-refractivity contribution < 1.29 is 14.4 Å². The Bertz CT molecular complexity index is 1540. The minimum Gasteiger partial charge on any atom is -0.331 e. The Morgan fingerprint density at radius 2 is 1.81 bits per heavy atom. The van der Waals surface area contributed by atoms with Crippen LogP contribution in [0.1, 0.15) is 37.2 Å². The van der Waals surface area contributed by atoms with E-state index in [0.29, 0.717) is 12.1 Å². The average Bonchev–Trinajstić information content (AvgIpc) is 3.56. The summed E-state index contributed by atoms with van der Waals surface area (Å²) in [6.07, 6.45) is 1.63. The number of rotatable bonds is 4. The average molecular weight is 482 g/mol. The van der Waals surface area contributed by atoms with Crippen molar-refractivity contribution in [1.82, 2.24) is 24.7 Å². The number of imide groups is 1. The first-order chi connectivity index (χ1) is 17.4. The summed E-state index contributed by atoms with van der Waals surface area (Å²) in [6.45, 7) is 1.96. The zero-order chi connectivity index (χ0) is 25.0. The van der Waals surface area contributed by atoms with E-state index >= 15 is 0 Å². The molecule has 3 heterocycles. The van der Waals surface area contributed by atoms with Crippen molar-refractivity contribution in [1.29, 1.82) is 0 Å². The second kappa shape index (κ2) is 8.19. The lowest BCUT2D eigenvalue weighted by molar-refractivity contribution is -0.139. The first-order valence-corrected chi connectivity index (χ1v) is 12.2. The van der Waals surface area contributed by atoms with Gasteiger partial charge < -0.3 is 14.8 Å². The van der Waals surface area contributed by atoms with Crippen molar-refractivity contribution in [2.24, 2.45) is 7.05 Å². The number of hydrogen-bond acceptors (Lipinski definition) is 4. The number of para-hydroxylation sites is 2. The molecule has 0 bridgehead atoms. The lowest BCUT2D eigenvalue weighted by atomic mass is 9.90. The van der Waals surface area contributed by atoms with Gasteiger partial charge >= 0.3 is 6.03 Å². The van der Waals surface area contributed by atoms with Gasteiger partial charge in [0.2, 0.25) is 5.91 Å². The number of nitrogens with zero attached hydrogens (tertiary/aromatic N) is 4. The quantitative estimate of drug-likeness (QED) is 0.449. The molecule has 2 atom stereocenters. The van der Waals surface area contributed by atoms with Crippen LogP contribution in [0.15, 0.2) is 66.7 Å². The Balaban J connectivity index is 1.25. The molecular formula is C28H27N5O3. The fourth-order valence-corrected chi connectivity index (χ4v) is 5.56. The molecule has 2 aliphatic heterocycles. The first kappa shape index (κ1) is 22.3. The lowest BCUT2D eigenvalue weighted by Crippen LogP contribution is -2.44. The normalized spacial score (nSPS) is 22.1. The van der Waals surface area contributed by atoms with Crippen molar-refractivity contribution in [2.45, 2.75) is 31.3 Å². The molecule has 1 N–H and O–H groups in total. The summed E-state index contributed by atoms with van der Waals surface area (Å²) in [6, 6.07) is 20.7. The van der Waals surface area contributed by atoms with E-state index in [9.17, 15) is 14.4 Å². The third kappa shape index (κ3) is 3.36. The summed E-state index contributed by atoms with van der Waals surface area (Å²) in [5, 5.41) is 4.86. The van der Waals surface area contributed by atoms with Crippen molar-refractivity contribution in [3.8, 4) is 0 Å². The standard InChI is InChI=1S/C28H27N5O3/c1-28(20-14-13-18-8-3-4-9-19(18)16-20)26(35)33(27(36)30-28)17-24(34)32-15-7-12-23(32)25-29-21-10-5-6-11-22(21)31(25)2/h3-6,8-11,13-14,16,23H,7,12,15,17H2,1-2H3,(H,30,36). The van der Waals surface area contributed by atoms with Crippen LogP contribution in [0.2, 0.25) is 0 Å². The summed E-state index contributed by atoms with van der Waals surface area (Å²) in [7, 11) is 1.96. The number of aromatic nitrogens is 2. The Kier molecular flexibility index (Phi) is 5.07. The van der Waals surface area contributed by atoms with E-state index in [0.717, 1.165) is 45.4 Å². The highest BCUT2D eigenvalue weighted by molar-refractivity contribution is 6.09. The molecule has 0 spiro atoms. The molecule has 4 aromatic rings. The van der Waals surface area contributed by atoms with Crippen molar-refractivity contribution >= 4 is 39.7 Å². The van der Waals surface area contributed by atoms with Crippen LogP contribution in [-0.4, -0.2) is 50.3 Å². The van der Waals surface area contributed by atoms with Gasteiger partial charge in [-0.3, -0.25) is 14.5 Å². The second-order valence-corrected chi connectivity index (χ2v) is 9.77. The highest BCUT2D eigenvalue weighted by Crippen LogP contribution is 2.34. The third-order valence-electron chi connectivity index (χ3n) is 7.59. The van der Waals surface area contributed by atoms with Gasteiger partial charge in [0.25, 0.3) is 5.91 Å². The zero-order valence-electron chi connectivity index (χ0n) is 20.3. The SMILES string of the molecule is Cn1c(C2CCCN2C(=O)CN2C(=O)NC(C)(c3ccc4ccccc4c3)C2=O)nc2ccccc21. The smallest absolute Gasteiger partial charge is 0.325 e. The van der Waals surface area contributed by atoms with Gasteiger partial charge in [0, 0.05) is 13.6 Å². The Morgan fingerprint density at radius 3 is 2.61 bits per heavy atom. The summed E-state index contributed by atoms with van der Waals surface area (Å²) in [4.78, 5) is 47.4. The molecule has 8 heteroatoms. The van der Waals surface area contributed by atoms with E-state index in [-0.39, 0.29) is 18.5 Å². The molecule has 2 fully saturated rings. The number of benzene rings is 3. The summed E-state index contributed by atoms with van der Waals surface area (Å²) < 4.78 is 2.02. The first-order valence-electron chi connectivity index (χ1n) is 12.2. The molecule has 6 rings (SSSR count). The van der Waals surface area contributed by atoms with Crippen LogP contribution in [0, 0.1) is 0 Å². The van der Waals surface area contributed by atoms with Crippen LogP contribution >= 0.6 is 0 Å². The van der Waals surface area contributed by atoms with E-state index < -0.39 is 17.5 Å². The van der Waals surface area contributed by atoms with Crippen molar-refractivity contribution in [2.75, 3.05) is 13.1 Å². The van der Waals surface area contributed by atoms with E-state index in [1.54, 1.807) is 11.8 Å². The Labute approximate surface area is 208 Å². The second-order valence-electron chi connectivity index (χ2n) is 9.77. The molecule has 0 saturated carbocycles. The maximum Gasteiger partial charge on any atom is 0.325 e. The topological polar surface area (TPSA) is 87.5 Å². The minimum absolute atomic E-state index is 0.192. The lowest BCUT2D eigenvalue weighted by Gasteiger charge is -2.26. The van der Waals surface area contributed by atoms with Crippen LogP contribution in [0.5, 0.6) is 0 Å². The summed E-state index contributed by atoms with van der Waals surface area (Å²) in [5.74, 6) is 0.144. The predicted octanol–water partition coefficient (Wildman–Crippen LogP) is 3.86. The third-order valence-corrected chi connectivity index (χ3v) is 7.59. The van der Waals surface area contributed by atoms with E-state index in [1.165, 1.54) is 0 Å². The highest BCUT2D eigenvalue weighted by Gasteiger charge is 2.50. The van der Waals surface area contributed by atoms with E-state index in [4.69, 9.17) is 4.98 Å². The van der Waals surface area contributed by atoms with Crippen molar-refractivity contribution in [3.05, 3.63) is 78.1 Å². The molecular weight excluding hydrogens is 454 g/mol. The van der Waals surface area contributed by atoms with Crippen LogP contribution < -0.4 is 5.32 Å². The van der Waals surface area contributed by atoms with Gasteiger partial charge in [-0.15, -0.1) is 0 Å². The zero-order valence-corrected chi connectivity index (χ0v) is 20.3. The molecule has 3 aromatic carbocycles. The van der Waals surface area contributed by atoms with Crippen LogP contribution in [0.4, 0.5) is 4.79 Å². The Morgan fingerprint density at radius 1 is 1.06 bits per heavy atom. The fraction of sp³-hybridized carbons (Fsp3) is 0.286. The number of aryl methyl sites for hydroxylation is 1. The fourth-order valence-electron chi connectivity index (χ4n) is 5.56. The van der Waals surface area contributed by atoms with E-state index in [2.05, 4.69) is 5.32 Å². The maximum atomic E-state index is 13.5. The number of fused-ring (bicyclic) bond motifs is 2. The number of imidazole rings is 1. The van der Waals surface area contributed by atoms with Gasteiger partial charge in [0.15, 0.2) is 0 Å². The maximum absolute atomic E-state index is 13.5. The number of carbonyl (C=O) groups is 3. The van der Waals surface area contributed by atoms with Crippen molar-refractivity contribution in [3.63, 3.8) is 0 Å². The molecule has 1 aromatic heterocycles. The summed E-state index contributed by atoms with van der Waals surface area (Å²) in [5.41, 5.74) is 1.35. The van der Waals surface area contributed by atoms with Gasteiger partial charge in [-0.05, 0) is 54.3 Å². The number of hydrogen-bond donors (Lipinski definition) is 1. The molecule has 36 heavy (non-hydrogen) atoms. The number of nitrogens with one attached hydrogen (secondary N) is 1.